The zero-order chi connectivity index (χ0) is 20.2. The SMILES string of the molecule is CCc1ccccc1NCc1cc(=O)n2[nH]c(NCc3ccc(C)cc3)nc2n1. The Morgan fingerprint density at radius 3 is 2.59 bits per heavy atom. The van der Waals surface area contributed by atoms with E-state index < -0.39 is 0 Å². The number of nitrogens with zero attached hydrogens (tertiary/aromatic N) is 3. The van der Waals surface area contributed by atoms with E-state index in [9.17, 15) is 4.79 Å². The monoisotopic (exact) mass is 388 g/mol. The van der Waals surface area contributed by atoms with Gasteiger partial charge in [-0.15, -0.1) is 0 Å². The lowest BCUT2D eigenvalue weighted by molar-refractivity contribution is 0.874. The number of para-hydroxylation sites is 1. The summed E-state index contributed by atoms with van der Waals surface area (Å²) in [7, 11) is 0. The van der Waals surface area contributed by atoms with Gasteiger partial charge in [0.2, 0.25) is 5.95 Å². The minimum absolute atomic E-state index is 0.188. The van der Waals surface area contributed by atoms with Crippen LogP contribution in [-0.2, 0) is 19.5 Å². The zero-order valence-electron chi connectivity index (χ0n) is 16.6. The molecule has 0 unspecified atom stereocenters. The van der Waals surface area contributed by atoms with Crippen LogP contribution in [0.4, 0.5) is 11.6 Å². The smallest absolute Gasteiger partial charge is 0.274 e. The van der Waals surface area contributed by atoms with Gasteiger partial charge in [0.1, 0.15) is 0 Å². The molecule has 0 spiro atoms. The van der Waals surface area contributed by atoms with Gasteiger partial charge >= 0.3 is 0 Å². The van der Waals surface area contributed by atoms with E-state index >= 15 is 0 Å². The Morgan fingerprint density at radius 1 is 1.00 bits per heavy atom. The second-order valence-electron chi connectivity index (χ2n) is 7.00. The van der Waals surface area contributed by atoms with Crippen molar-refractivity contribution >= 4 is 17.4 Å². The van der Waals surface area contributed by atoms with Gasteiger partial charge in [0.25, 0.3) is 11.3 Å². The van der Waals surface area contributed by atoms with E-state index in [4.69, 9.17) is 0 Å². The lowest BCUT2D eigenvalue weighted by Crippen LogP contribution is -2.17. The van der Waals surface area contributed by atoms with Crippen LogP contribution >= 0.6 is 0 Å². The Kier molecular flexibility index (Phi) is 5.29. The predicted molar refractivity (Wildman–Crippen MR) is 115 cm³/mol. The summed E-state index contributed by atoms with van der Waals surface area (Å²) in [5.41, 5.74) is 5.10. The summed E-state index contributed by atoms with van der Waals surface area (Å²) in [5, 5.41) is 9.54. The van der Waals surface area contributed by atoms with Crippen LogP contribution in [-0.4, -0.2) is 19.6 Å². The van der Waals surface area contributed by atoms with Gasteiger partial charge in [-0.05, 0) is 30.5 Å². The molecule has 2 aromatic heterocycles. The lowest BCUT2D eigenvalue weighted by Gasteiger charge is -2.10. The highest BCUT2D eigenvalue weighted by Gasteiger charge is 2.09. The van der Waals surface area contributed by atoms with E-state index in [2.05, 4.69) is 69.9 Å². The van der Waals surface area contributed by atoms with E-state index in [-0.39, 0.29) is 5.56 Å². The molecule has 2 heterocycles. The maximum absolute atomic E-state index is 12.5. The molecule has 2 aromatic carbocycles. The topological polar surface area (TPSA) is 87.1 Å². The van der Waals surface area contributed by atoms with Crippen molar-refractivity contribution in [2.45, 2.75) is 33.4 Å². The first-order valence-electron chi connectivity index (χ1n) is 9.72. The number of rotatable bonds is 7. The van der Waals surface area contributed by atoms with Crippen molar-refractivity contribution in [1.82, 2.24) is 19.6 Å². The van der Waals surface area contributed by atoms with E-state index in [1.807, 2.05) is 18.2 Å². The van der Waals surface area contributed by atoms with Gasteiger partial charge in [0, 0.05) is 18.3 Å². The molecule has 0 aliphatic heterocycles. The van der Waals surface area contributed by atoms with Crippen molar-refractivity contribution in [2.24, 2.45) is 0 Å². The van der Waals surface area contributed by atoms with Gasteiger partial charge in [-0.3, -0.25) is 9.89 Å². The lowest BCUT2D eigenvalue weighted by atomic mass is 10.1. The highest BCUT2D eigenvalue weighted by atomic mass is 16.1. The van der Waals surface area contributed by atoms with E-state index in [0.717, 1.165) is 17.7 Å². The van der Waals surface area contributed by atoms with Crippen LogP contribution in [0.1, 0.15) is 29.3 Å². The molecule has 0 saturated heterocycles. The fourth-order valence-corrected chi connectivity index (χ4v) is 3.18. The van der Waals surface area contributed by atoms with Crippen molar-refractivity contribution in [3.8, 4) is 0 Å². The minimum atomic E-state index is -0.188. The summed E-state index contributed by atoms with van der Waals surface area (Å²) in [6.45, 7) is 5.24. The van der Waals surface area contributed by atoms with Gasteiger partial charge in [0.15, 0.2) is 0 Å². The van der Waals surface area contributed by atoms with Crippen molar-refractivity contribution in [2.75, 3.05) is 10.6 Å². The second-order valence-corrected chi connectivity index (χ2v) is 7.00. The fraction of sp³-hybridized carbons (Fsp3) is 0.227. The minimum Gasteiger partial charge on any atom is -0.379 e. The molecule has 0 bridgehead atoms. The van der Waals surface area contributed by atoms with Gasteiger partial charge in [-0.25, -0.2) is 4.98 Å². The van der Waals surface area contributed by atoms with Gasteiger partial charge in [-0.1, -0.05) is 55.0 Å². The molecule has 3 N–H and O–H groups in total. The molecule has 148 valence electrons. The van der Waals surface area contributed by atoms with Crippen molar-refractivity contribution in [1.29, 1.82) is 0 Å². The van der Waals surface area contributed by atoms with Crippen LogP contribution < -0.4 is 16.2 Å². The first-order valence-corrected chi connectivity index (χ1v) is 9.72. The molecule has 0 aliphatic carbocycles. The number of aromatic nitrogens is 4. The third-order valence-corrected chi connectivity index (χ3v) is 4.82. The van der Waals surface area contributed by atoms with Crippen LogP contribution in [0.3, 0.4) is 0 Å². The number of benzene rings is 2. The van der Waals surface area contributed by atoms with Gasteiger partial charge in [-0.2, -0.15) is 9.50 Å². The van der Waals surface area contributed by atoms with E-state index in [1.54, 1.807) is 0 Å². The summed E-state index contributed by atoms with van der Waals surface area (Å²) < 4.78 is 1.35. The Morgan fingerprint density at radius 2 is 1.79 bits per heavy atom. The molecule has 7 nitrogen and oxygen atoms in total. The first kappa shape index (κ1) is 18.7. The highest BCUT2D eigenvalue weighted by molar-refractivity contribution is 5.51. The Hall–Kier alpha value is -3.61. The molecule has 0 radical (unpaired) electrons. The standard InChI is InChI=1S/C22H24N6O/c1-3-17-6-4-5-7-19(17)23-14-18-12-20(29)28-22(25-18)26-21(27-28)24-13-16-10-8-15(2)9-11-16/h4-12,23H,3,13-14H2,1-2H3,(H2,24,25,26,27). The second kappa shape index (κ2) is 8.18. The first-order chi connectivity index (χ1) is 14.1. The molecular formula is C22H24N6O. The maximum atomic E-state index is 12.5. The molecule has 0 fully saturated rings. The molecule has 0 amide bonds. The van der Waals surface area contributed by atoms with Crippen LogP contribution in [0.25, 0.3) is 5.78 Å². The predicted octanol–water partition coefficient (Wildman–Crippen LogP) is 3.51. The van der Waals surface area contributed by atoms with Crippen molar-refractivity contribution in [3.63, 3.8) is 0 Å². The summed E-state index contributed by atoms with van der Waals surface area (Å²) in [5.74, 6) is 0.862. The number of hydrogen-bond acceptors (Lipinski definition) is 5. The molecule has 0 saturated carbocycles. The van der Waals surface area contributed by atoms with E-state index in [1.165, 1.54) is 21.7 Å². The molecule has 29 heavy (non-hydrogen) atoms. The Labute approximate surface area is 168 Å². The Bertz CT molecular complexity index is 1180. The average Bonchev–Trinajstić information content (AvgIpc) is 3.16. The highest BCUT2D eigenvalue weighted by Crippen LogP contribution is 2.16. The maximum Gasteiger partial charge on any atom is 0.274 e. The van der Waals surface area contributed by atoms with Gasteiger partial charge in [0.05, 0.1) is 12.2 Å². The molecule has 7 heteroatoms. The van der Waals surface area contributed by atoms with Crippen molar-refractivity contribution in [3.05, 3.63) is 87.3 Å². The normalized spacial score (nSPS) is 11.0. The number of anilines is 2. The molecule has 0 aliphatic rings. The van der Waals surface area contributed by atoms with E-state index in [0.29, 0.717) is 30.5 Å². The summed E-state index contributed by atoms with van der Waals surface area (Å²) in [6.07, 6.45) is 0.938. The van der Waals surface area contributed by atoms with Crippen LogP contribution in [0, 0.1) is 6.92 Å². The molecular weight excluding hydrogens is 364 g/mol. The third kappa shape index (κ3) is 4.29. The number of aryl methyl sites for hydroxylation is 2. The number of hydrogen-bond donors (Lipinski definition) is 3. The molecule has 4 aromatic rings. The fourth-order valence-electron chi connectivity index (χ4n) is 3.18. The largest absolute Gasteiger partial charge is 0.379 e. The number of aromatic amines is 1. The van der Waals surface area contributed by atoms with Crippen LogP contribution in [0.15, 0.2) is 59.4 Å². The quantitative estimate of drug-likeness (QED) is 0.451. The number of fused-ring (bicyclic) bond motifs is 1. The van der Waals surface area contributed by atoms with Crippen molar-refractivity contribution < 1.29 is 0 Å². The summed E-state index contributed by atoms with van der Waals surface area (Å²) >= 11 is 0. The average molecular weight is 388 g/mol. The number of nitrogens with one attached hydrogen (secondary N) is 3. The summed E-state index contributed by atoms with van der Waals surface area (Å²) in [6, 6.07) is 17.9. The molecule has 4 rings (SSSR count). The van der Waals surface area contributed by atoms with Crippen LogP contribution in [0.5, 0.6) is 0 Å². The number of H-pyrrole nitrogens is 1. The van der Waals surface area contributed by atoms with Gasteiger partial charge < -0.3 is 10.6 Å². The zero-order valence-corrected chi connectivity index (χ0v) is 16.6. The molecule has 0 atom stereocenters. The Balaban J connectivity index is 1.49. The third-order valence-electron chi connectivity index (χ3n) is 4.82. The van der Waals surface area contributed by atoms with Crippen LogP contribution in [0.2, 0.25) is 0 Å². The summed E-state index contributed by atoms with van der Waals surface area (Å²) in [4.78, 5) is 21.4.